The first-order valence-corrected chi connectivity index (χ1v) is 8.16. The molecule has 0 spiro atoms. The number of Topliss-reactive ketones (excluding diaryl/α,β-unsaturated/α-hetero) is 1. The maximum Gasteiger partial charge on any atom is 0.418 e. The van der Waals surface area contributed by atoms with Crippen LogP contribution in [0.1, 0.15) is 28.5 Å². The number of rotatable bonds is 4. The zero-order valence-corrected chi connectivity index (χ0v) is 12.5. The van der Waals surface area contributed by atoms with Crippen molar-refractivity contribution in [2.75, 3.05) is 6.54 Å². The van der Waals surface area contributed by atoms with E-state index in [1.807, 2.05) is 0 Å². The Bertz CT molecular complexity index is 727. The Labute approximate surface area is 124 Å². The highest BCUT2D eigenvalue weighted by molar-refractivity contribution is 7.80. The molecule has 2 aliphatic heterocycles. The fourth-order valence-electron chi connectivity index (χ4n) is 2.40. The van der Waals surface area contributed by atoms with Gasteiger partial charge in [-0.15, -0.1) is 15.6 Å². The molecule has 1 saturated heterocycles. The quantitative estimate of drug-likeness (QED) is 0.787. The van der Waals surface area contributed by atoms with Crippen molar-refractivity contribution in [2.24, 2.45) is 0 Å². The molecule has 1 atom stereocenters. The van der Waals surface area contributed by atoms with Crippen LogP contribution in [0, 0.1) is 0 Å². The van der Waals surface area contributed by atoms with Crippen LogP contribution in [0.2, 0.25) is 0 Å². The van der Waals surface area contributed by atoms with Crippen molar-refractivity contribution in [3.63, 3.8) is 0 Å². The molecule has 1 aromatic rings. The molecule has 1 unspecified atom stereocenters. The SMILES string of the molecule is CC(=O)Cc1nc2c(s1)C1CN(C2)C(=O)N1OS(=O)(=O)O. The molecule has 21 heavy (non-hydrogen) atoms. The van der Waals surface area contributed by atoms with Crippen LogP contribution in [0.25, 0.3) is 0 Å². The number of ketones is 1. The van der Waals surface area contributed by atoms with E-state index in [0.29, 0.717) is 20.6 Å². The van der Waals surface area contributed by atoms with E-state index < -0.39 is 22.5 Å². The highest BCUT2D eigenvalue weighted by Crippen LogP contribution is 2.41. The molecule has 9 nitrogen and oxygen atoms in total. The van der Waals surface area contributed by atoms with Gasteiger partial charge in [-0.25, -0.2) is 9.78 Å². The lowest BCUT2D eigenvalue weighted by molar-refractivity contribution is -0.116. The number of fused-ring (bicyclic) bond motifs is 4. The van der Waals surface area contributed by atoms with E-state index in [-0.39, 0.29) is 25.3 Å². The lowest BCUT2D eigenvalue weighted by Crippen LogP contribution is -2.32. The number of urea groups is 1. The van der Waals surface area contributed by atoms with Crippen molar-refractivity contribution < 1.29 is 26.8 Å². The smallest absolute Gasteiger partial charge is 0.314 e. The second-order valence-electron chi connectivity index (χ2n) is 4.80. The second kappa shape index (κ2) is 4.73. The Hall–Kier alpha value is -1.56. The van der Waals surface area contributed by atoms with E-state index >= 15 is 0 Å². The van der Waals surface area contributed by atoms with Crippen molar-refractivity contribution in [3.8, 4) is 0 Å². The summed E-state index contributed by atoms with van der Waals surface area (Å²) in [5, 5.41) is 1.25. The molecule has 2 bridgehead atoms. The van der Waals surface area contributed by atoms with Gasteiger partial charge in [-0.2, -0.15) is 13.5 Å². The summed E-state index contributed by atoms with van der Waals surface area (Å²) in [6.45, 7) is 1.93. The van der Waals surface area contributed by atoms with Gasteiger partial charge in [0.25, 0.3) is 0 Å². The molecular weight excluding hydrogens is 322 g/mol. The monoisotopic (exact) mass is 333 g/mol. The first-order chi connectivity index (χ1) is 9.74. The maximum atomic E-state index is 12.0. The van der Waals surface area contributed by atoms with Crippen molar-refractivity contribution in [3.05, 3.63) is 15.6 Å². The summed E-state index contributed by atoms with van der Waals surface area (Å²) in [4.78, 5) is 29.5. The highest BCUT2D eigenvalue weighted by Gasteiger charge is 2.47. The number of aromatic nitrogens is 1. The van der Waals surface area contributed by atoms with Crippen molar-refractivity contribution >= 4 is 33.6 Å². The van der Waals surface area contributed by atoms with E-state index in [1.54, 1.807) is 0 Å². The summed E-state index contributed by atoms with van der Waals surface area (Å²) in [6.07, 6.45) is 0.192. The van der Waals surface area contributed by atoms with Crippen LogP contribution in [-0.2, 0) is 32.4 Å². The number of nitrogens with zero attached hydrogens (tertiary/aromatic N) is 3. The van der Waals surface area contributed by atoms with Crippen molar-refractivity contribution in [2.45, 2.75) is 25.9 Å². The molecule has 0 saturated carbocycles. The fourth-order valence-corrected chi connectivity index (χ4v) is 3.99. The fraction of sp³-hybridized carbons (Fsp3) is 0.500. The third-order valence-corrected chi connectivity index (χ3v) is 4.67. The molecular formula is C10H11N3O6S2. The Morgan fingerprint density at radius 2 is 2.29 bits per heavy atom. The molecule has 0 radical (unpaired) electrons. The van der Waals surface area contributed by atoms with Gasteiger partial charge in [-0.05, 0) is 6.92 Å². The summed E-state index contributed by atoms with van der Waals surface area (Å²) in [5.41, 5.74) is 0.627. The standard InChI is InChI=1S/C10H11N3O6S2/c1-5(14)2-8-11-6-3-12-4-7(9(6)20-8)13(10(12)15)19-21(16,17)18/h7H,2-4H2,1H3,(H,16,17,18). The molecule has 0 aliphatic carbocycles. The number of hydrogen-bond acceptors (Lipinski definition) is 7. The van der Waals surface area contributed by atoms with Gasteiger partial charge in [-0.3, -0.25) is 9.35 Å². The largest absolute Gasteiger partial charge is 0.418 e. The molecule has 3 heterocycles. The summed E-state index contributed by atoms with van der Waals surface area (Å²) < 4.78 is 34.8. The maximum absolute atomic E-state index is 12.0. The summed E-state index contributed by atoms with van der Waals surface area (Å²) in [7, 11) is -4.79. The van der Waals surface area contributed by atoms with Crippen LogP contribution in [0.3, 0.4) is 0 Å². The van der Waals surface area contributed by atoms with Crippen LogP contribution in [0.5, 0.6) is 0 Å². The lowest BCUT2D eigenvalue weighted by atomic mass is 10.1. The van der Waals surface area contributed by atoms with E-state index in [9.17, 15) is 18.0 Å². The summed E-state index contributed by atoms with van der Waals surface area (Å²) in [6, 6.07) is -1.29. The number of hydroxylamine groups is 2. The van der Waals surface area contributed by atoms with Gasteiger partial charge >= 0.3 is 16.4 Å². The number of carbonyl (C=O) groups is 2. The van der Waals surface area contributed by atoms with E-state index in [2.05, 4.69) is 9.27 Å². The topological polar surface area (TPSA) is 117 Å². The van der Waals surface area contributed by atoms with Gasteiger partial charge in [0.1, 0.15) is 16.8 Å². The number of amides is 2. The van der Waals surface area contributed by atoms with Gasteiger partial charge in [0.15, 0.2) is 0 Å². The third kappa shape index (κ3) is 2.64. The zero-order valence-electron chi connectivity index (χ0n) is 10.8. The Morgan fingerprint density at radius 3 is 2.90 bits per heavy atom. The predicted molar refractivity (Wildman–Crippen MR) is 69.5 cm³/mol. The third-order valence-electron chi connectivity index (χ3n) is 3.13. The van der Waals surface area contributed by atoms with Crippen molar-refractivity contribution in [1.82, 2.24) is 14.9 Å². The van der Waals surface area contributed by atoms with Gasteiger partial charge < -0.3 is 4.90 Å². The van der Waals surface area contributed by atoms with Gasteiger partial charge in [0.05, 0.1) is 30.1 Å². The van der Waals surface area contributed by atoms with E-state index in [4.69, 9.17) is 4.55 Å². The van der Waals surface area contributed by atoms with Crippen molar-refractivity contribution in [1.29, 1.82) is 0 Å². The summed E-state index contributed by atoms with van der Waals surface area (Å²) >= 11 is 1.25. The minimum atomic E-state index is -4.79. The molecule has 3 rings (SSSR count). The average molecular weight is 333 g/mol. The van der Waals surface area contributed by atoms with Gasteiger partial charge in [0.2, 0.25) is 0 Å². The number of carbonyl (C=O) groups excluding carboxylic acids is 2. The molecule has 114 valence electrons. The zero-order chi connectivity index (χ0) is 15.4. The lowest BCUT2D eigenvalue weighted by Gasteiger charge is -2.20. The van der Waals surface area contributed by atoms with Gasteiger partial charge in [-0.1, -0.05) is 0 Å². The first-order valence-electron chi connectivity index (χ1n) is 5.97. The van der Waals surface area contributed by atoms with E-state index in [1.165, 1.54) is 23.2 Å². The molecule has 2 aliphatic rings. The minimum absolute atomic E-state index is 0.0336. The molecule has 1 aromatic heterocycles. The van der Waals surface area contributed by atoms with Gasteiger partial charge in [0, 0.05) is 0 Å². The van der Waals surface area contributed by atoms with Crippen LogP contribution in [-0.4, -0.2) is 46.3 Å². The Kier molecular flexibility index (Phi) is 3.24. The molecule has 11 heteroatoms. The minimum Gasteiger partial charge on any atom is -0.314 e. The second-order valence-corrected chi connectivity index (χ2v) is 6.92. The normalized spacial score (nSPS) is 20.9. The highest BCUT2D eigenvalue weighted by atomic mass is 32.3. The predicted octanol–water partition coefficient (Wildman–Crippen LogP) is 0.301. The Morgan fingerprint density at radius 1 is 1.57 bits per heavy atom. The van der Waals surface area contributed by atoms with E-state index in [0.717, 1.165) is 0 Å². The number of thiazole rings is 1. The van der Waals surface area contributed by atoms with Crippen LogP contribution < -0.4 is 0 Å². The number of hydrogen-bond donors (Lipinski definition) is 1. The Balaban J connectivity index is 1.94. The van der Waals surface area contributed by atoms with Crippen LogP contribution in [0.15, 0.2) is 0 Å². The molecule has 0 aromatic carbocycles. The first kappa shape index (κ1) is 14.4. The molecule has 1 fully saturated rings. The average Bonchev–Trinajstić information content (AvgIpc) is 2.83. The molecule has 2 amide bonds. The van der Waals surface area contributed by atoms with Crippen LogP contribution in [0.4, 0.5) is 4.79 Å². The molecule has 1 N–H and O–H groups in total. The summed E-state index contributed by atoms with van der Waals surface area (Å²) in [5.74, 6) is -0.0336. The van der Waals surface area contributed by atoms with Crippen LogP contribution >= 0.6 is 11.3 Å².